The summed E-state index contributed by atoms with van der Waals surface area (Å²) in [5.41, 5.74) is 7.88. The molecule has 4 heteroatoms. The molecule has 0 aromatic carbocycles. The third kappa shape index (κ3) is 11.8. The second-order valence-corrected chi connectivity index (χ2v) is 22.2. The van der Waals surface area contributed by atoms with E-state index in [2.05, 4.69) is 79.0 Å². The molecule has 0 unspecified atom stereocenters. The Morgan fingerprint density at radius 3 is 1.72 bits per heavy atom. The van der Waals surface area contributed by atoms with Crippen LogP contribution in [0.2, 0.25) is 0 Å². The van der Waals surface area contributed by atoms with E-state index >= 15 is 0 Å². The molecule has 11 atom stereocenters. The van der Waals surface area contributed by atoms with Gasteiger partial charge in [-0.1, -0.05) is 128 Å². The minimum atomic E-state index is -0.615. The summed E-state index contributed by atoms with van der Waals surface area (Å²) in [5.74, 6) is 5.48. The molecular formula is C54H88O4. The zero-order valence-corrected chi connectivity index (χ0v) is 38.6. The van der Waals surface area contributed by atoms with Crippen LogP contribution >= 0.6 is 0 Å². The Bertz CT molecular complexity index is 1520. The molecule has 6 rings (SSSR count). The lowest BCUT2D eigenvalue weighted by Crippen LogP contribution is -2.36. The fourth-order valence-corrected chi connectivity index (χ4v) is 13.4. The molecule has 4 N–H and O–H groups in total. The molecular weight excluding hydrogens is 713 g/mol. The van der Waals surface area contributed by atoms with Crippen molar-refractivity contribution in [3.05, 3.63) is 70.9 Å². The zero-order chi connectivity index (χ0) is 42.4. The van der Waals surface area contributed by atoms with E-state index in [4.69, 9.17) is 0 Å². The van der Waals surface area contributed by atoms with Gasteiger partial charge in [0, 0.05) is 6.42 Å². The number of allylic oxidation sites excluding steroid dienone is 7. The van der Waals surface area contributed by atoms with Crippen LogP contribution in [0.3, 0.4) is 0 Å². The molecule has 4 nitrogen and oxygen atoms in total. The summed E-state index contributed by atoms with van der Waals surface area (Å²) in [6, 6.07) is 0. The molecule has 0 aromatic rings. The van der Waals surface area contributed by atoms with Gasteiger partial charge in [-0.3, -0.25) is 0 Å². The molecule has 6 saturated carbocycles. The molecule has 6 aliphatic rings. The van der Waals surface area contributed by atoms with Crippen molar-refractivity contribution in [2.45, 2.75) is 214 Å². The van der Waals surface area contributed by atoms with Crippen LogP contribution in [-0.4, -0.2) is 44.3 Å². The molecule has 0 aliphatic heterocycles. The smallest absolute Gasteiger partial charge is 0.0811 e. The van der Waals surface area contributed by atoms with Crippen LogP contribution in [-0.2, 0) is 0 Å². The maximum atomic E-state index is 10.1. The van der Waals surface area contributed by atoms with Gasteiger partial charge in [0.25, 0.3) is 0 Å². The van der Waals surface area contributed by atoms with Gasteiger partial charge >= 0.3 is 0 Å². The minimum Gasteiger partial charge on any atom is -0.393 e. The first-order valence-corrected chi connectivity index (χ1v) is 24.3. The van der Waals surface area contributed by atoms with Crippen molar-refractivity contribution >= 4 is 0 Å². The van der Waals surface area contributed by atoms with Crippen LogP contribution in [0, 0.1) is 52.3 Å². The Balaban J connectivity index is 0.000000221. The van der Waals surface area contributed by atoms with Crippen molar-refractivity contribution < 1.29 is 20.4 Å². The largest absolute Gasteiger partial charge is 0.393 e. The van der Waals surface area contributed by atoms with Gasteiger partial charge < -0.3 is 20.4 Å². The Labute approximate surface area is 356 Å². The second kappa shape index (κ2) is 20.4. The summed E-state index contributed by atoms with van der Waals surface area (Å²) in [4.78, 5) is 0. The van der Waals surface area contributed by atoms with E-state index in [0.717, 1.165) is 72.8 Å². The number of fused-ring (bicyclic) bond motifs is 2. The molecule has 6 aliphatic carbocycles. The van der Waals surface area contributed by atoms with Gasteiger partial charge in [0.05, 0.1) is 23.9 Å². The maximum Gasteiger partial charge on any atom is 0.0811 e. The van der Waals surface area contributed by atoms with Gasteiger partial charge in [0.15, 0.2) is 0 Å². The molecule has 0 bridgehead atoms. The third-order valence-electron chi connectivity index (χ3n) is 16.8. The molecule has 0 amide bonds. The molecule has 58 heavy (non-hydrogen) atoms. The Morgan fingerprint density at radius 2 is 1.19 bits per heavy atom. The zero-order valence-electron chi connectivity index (χ0n) is 38.6. The van der Waals surface area contributed by atoms with Crippen LogP contribution in [0.25, 0.3) is 0 Å². The summed E-state index contributed by atoms with van der Waals surface area (Å²) in [6.07, 6.45) is 32.1. The molecule has 0 heterocycles. The molecule has 0 aromatic heterocycles. The monoisotopic (exact) mass is 801 g/mol. The average molecular weight is 801 g/mol. The topological polar surface area (TPSA) is 80.9 Å². The highest BCUT2D eigenvalue weighted by Crippen LogP contribution is 2.61. The van der Waals surface area contributed by atoms with Crippen molar-refractivity contribution in [1.29, 1.82) is 0 Å². The summed E-state index contributed by atoms with van der Waals surface area (Å²) < 4.78 is 0. The molecule has 0 radical (unpaired) electrons. The van der Waals surface area contributed by atoms with Gasteiger partial charge in [-0.2, -0.15) is 0 Å². The normalized spacial score (nSPS) is 38.3. The van der Waals surface area contributed by atoms with Crippen molar-refractivity contribution in [1.82, 2.24) is 0 Å². The lowest BCUT2D eigenvalue weighted by Gasteiger charge is -2.44. The van der Waals surface area contributed by atoms with E-state index < -0.39 is 17.8 Å². The fraction of sp³-hybridized carbons (Fsp3) is 0.778. The third-order valence-corrected chi connectivity index (χ3v) is 16.8. The van der Waals surface area contributed by atoms with E-state index in [0.29, 0.717) is 35.5 Å². The first kappa shape index (κ1) is 47.3. The van der Waals surface area contributed by atoms with Gasteiger partial charge in [-0.15, -0.1) is 0 Å². The number of hydrogen-bond acceptors (Lipinski definition) is 4. The predicted molar refractivity (Wildman–Crippen MR) is 245 cm³/mol. The predicted octanol–water partition coefficient (Wildman–Crippen LogP) is 13.3. The number of aliphatic hydroxyl groups excluding tert-OH is 3. The average Bonchev–Trinajstić information content (AvgIpc) is 3.69. The van der Waals surface area contributed by atoms with Crippen LogP contribution in [0.15, 0.2) is 70.9 Å². The summed E-state index contributed by atoms with van der Waals surface area (Å²) in [5, 5.41) is 40.2. The van der Waals surface area contributed by atoms with Gasteiger partial charge in [0.2, 0.25) is 0 Å². The highest BCUT2D eigenvalue weighted by molar-refractivity contribution is 5.39. The van der Waals surface area contributed by atoms with Crippen molar-refractivity contribution in [3.8, 4) is 0 Å². The standard InChI is InChI=1S/C27H44O3.C27H44O/c1-18(8-6-14-26(3,4)30)23-12-13-24-20(9-7-15-27(23,24)5)10-11-21-16-22(28)17-25(29)19(21)2;1-19(2)8-6-9-21(4)25-15-16-26-22(10-7-17-27(25,26)5)12-13-23-18-24(28)14-11-20(23)3/h10-11,18,22-25,28-30H,2,6-9,12-17H2,1,3-5H3;12-13,19,21,24-26,28H,3,6-11,14-18H2,1-2,4-5H3/b20-10+,21-11-;22-12+,23-13-/t18-,22-,23-,24+,25+,27-;21-,24+,25-,26+,27-/m11/s1. The van der Waals surface area contributed by atoms with Crippen LogP contribution in [0.1, 0.15) is 190 Å². The number of hydrogen-bond donors (Lipinski definition) is 4. The van der Waals surface area contributed by atoms with Gasteiger partial charge in [0.1, 0.15) is 0 Å². The van der Waals surface area contributed by atoms with Crippen molar-refractivity contribution in [3.63, 3.8) is 0 Å². The molecule has 0 spiro atoms. The summed E-state index contributed by atoms with van der Waals surface area (Å²) in [7, 11) is 0. The minimum absolute atomic E-state index is 0.172. The fourth-order valence-electron chi connectivity index (χ4n) is 13.4. The summed E-state index contributed by atoms with van der Waals surface area (Å²) >= 11 is 0. The highest BCUT2D eigenvalue weighted by Gasteiger charge is 2.51. The van der Waals surface area contributed by atoms with Crippen LogP contribution in [0.4, 0.5) is 0 Å². The van der Waals surface area contributed by atoms with E-state index in [-0.39, 0.29) is 6.10 Å². The first-order valence-electron chi connectivity index (χ1n) is 24.3. The Kier molecular flexibility index (Phi) is 16.7. The number of aliphatic hydroxyl groups is 4. The SMILES string of the molecule is C=C1/C(=C\C=C2/CCC[C@]3(C)[C@@H]([C@H](C)CCCC(C)(C)O)CC[C@@H]23)C[C@@H](O)C[C@@H]1O.C=C1CC[C@H](O)C/C1=C/C=C1\CCC[C@]2(C)[C@@H]([C@H](C)CCCC(C)C)CC[C@@H]12. The lowest BCUT2D eigenvalue weighted by atomic mass is 9.60. The molecule has 6 fully saturated rings. The number of rotatable bonds is 12. The van der Waals surface area contributed by atoms with Crippen LogP contribution < -0.4 is 0 Å². The van der Waals surface area contributed by atoms with Crippen LogP contribution in [0.5, 0.6) is 0 Å². The molecule has 328 valence electrons. The van der Waals surface area contributed by atoms with Gasteiger partial charge in [-0.05, 0) is 179 Å². The quantitative estimate of drug-likeness (QED) is 0.158. The van der Waals surface area contributed by atoms with Crippen molar-refractivity contribution in [2.24, 2.45) is 52.3 Å². The summed E-state index contributed by atoms with van der Waals surface area (Å²) in [6.45, 7) is 26.9. The van der Waals surface area contributed by atoms with E-state index in [1.807, 2.05) is 13.8 Å². The van der Waals surface area contributed by atoms with E-state index in [9.17, 15) is 20.4 Å². The Morgan fingerprint density at radius 1 is 0.672 bits per heavy atom. The first-order chi connectivity index (χ1) is 27.3. The lowest BCUT2D eigenvalue weighted by molar-refractivity contribution is 0.0596. The van der Waals surface area contributed by atoms with E-state index in [1.165, 1.54) is 101 Å². The van der Waals surface area contributed by atoms with E-state index in [1.54, 1.807) is 11.1 Å². The second-order valence-electron chi connectivity index (χ2n) is 22.2. The van der Waals surface area contributed by atoms with Gasteiger partial charge in [-0.25, -0.2) is 0 Å². The maximum absolute atomic E-state index is 10.1. The van der Waals surface area contributed by atoms with Crippen molar-refractivity contribution in [2.75, 3.05) is 0 Å². The highest BCUT2D eigenvalue weighted by atomic mass is 16.3. The molecule has 0 saturated heterocycles. The Hall–Kier alpha value is -1.72.